The van der Waals surface area contributed by atoms with Crippen molar-refractivity contribution in [3.8, 4) is 5.75 Å². The zero-order valence-electron chi connectivity index (χ0n) is 15.7. The number of nitrogens with zero attached hydrogens (tertiary/aromatic N) is 1. The number of halogens is 1. The van der Waals surface area contributed by atoms with Crippen molar-refractivity contribution < 1.29 is 21.6 Å². The molecule has 1 N–H and O–H groups in total. The van der Waals surface area contributed by atoms with Crippen molar-refractivity contribution in [2.75, 3.05) is 28.4 Å². The van der Waals surface area contributed by atoms with Gasteiger partial charge in [-0.25, -0.2) is 16.8 Å². The van der Waals surface area contributed by atoms with Gasteiger partial charge in [0.1, 0.15) is 10.6 Å². The molecule has 1 heterocycles. The average Bonchev–Trinajstić information content (AvgIpc) is 2.97. The summed E-state index contributed by atoms with van der Waals surface area (Å²) in [6.07, 6.45) is 0.495. The number of rotatable bonds is 5. The van der Waals surface area contributed by atoms with Gasteiger partial charge in [0.05, 0.1) is 29.3 Å². The normalized spacial score (nSPS) is 16.2. The second-order valence-electron chi connectivity index (χ2n) is 6.60. The Kier molecular flexibility index (Phi) is 5.53. The Morgan fingerprint density at radius 3 is 2.43 bits per heavy atom. The molecule has 0 atom stereocenters. The molecule has 1 aliphatic heterocycles. The smallest absolute Gasteiger partial charge is 0.265 e. The lowest BCUT2D eigenvalue weighted by Gasteiger charge is -2.20. The summed E-state index contributed by atoms with van der Waals surface area (Å²) in [6, 6.07) is 7.59. The van der Waals surface area contributed by atoms with Gasteiger partial charge in [-0.2, -0.15) is 0 Å². The minimum absolute atomic E-state index is 0.00314. The van der Waals surface area contributed by atoms with E-state index in [0.29, 0.717) is 13.0 Å². The number of hydrogen-bond acceptors (Lipinski definition) is 5. The maximum Gasteiger partial charge on any atom is 0.265 e. The Bertz CT molecular complexity index is 1130. The minimum Gasteiger partial charge on any atom is -0.495 e. The molecule has 3 rings (SSSR count). The van der Waals surface area contributed by atoms with Crippen LogP contribution in [-0.4, -0.2) is 36.2 Å². The van der Waals surface area contributed by atoms with Crippen molar-refractivity contribution in [3.05, 3.63) is 46.5 Å². The van der Waals surface area contributed by atoms with E-state index in [1.54, 1.807) is 6.07 Å². The summed E-state index contributed by atoms with van der Waals surface area (Å²) in [5.41, 5.74) is 2.18. The highest BCUT2D eigenvalue weighted by atomic mass is 35.5. The molecular formula is C18H21ClN2O5S2. The van der Waals surface area contributed by atoms with E-state index in [2.05, 4.69) is 4.72 Å². The average molecular weight is 445 g/mol. The third-order valence-electron chi connectivity index (χ3n) is 4.64. The zero-order chi connectivity index (χ0) is 20.7. The van der Waals surface area contributed by atoms with Crippen molar-refractivity contribution in [3.63, 3.8) is 0 Å². The van der Waals surface area contributed by atoms with Crippen LogP contribution in [0.1, 0.15) is 17.5 Å². The van der Waals surface area contributed by atoms with Gasteiger partial charge in [-0.3, -0.25) is 9.03 Å². The summed E-state index contributed by atoms with van der Waals surface area (Å²) >= 11 is 6.17. The fourth-order valence-corrected chi connectivity index (χ4v) is 6.15. The highest BCUT2D eigenvalue weighted by Gasteiger charge is 2.30. The lowest BCUT2D eigenvalue weighted by atomic mass is 10.1. The van der Waals surface area contributed by atoms with Crippen LogP contribution in [0.15, 0.2) is 35.2 Å². The minimum atomic E-state index is -3.96. The van der Waals surface area contributed by atoms with E-state index in [-0.39, 0.29) is 32.8 Å². The third-order valence-corrected chi connectivity index (χ3v) is 8.21. The molecule has 0 radical (unpaired) electrons. The highest BCUT2D eigenvalue weighted by Crippen LogP contribution is 2.35. The van der Waals surface area contributed by atoms with Crippen molar-refractivity contribution in [1.29, 1.82) is 0 Å². The van der Waals surface area contributed by atoms with Crippen LogP contribution >= 0.6 is 11.6 Å². The first-order valence-electron chi connectivity index (χ1n) is 8.53. The first-order chi connectivity index (χ1) is 13.0. The van der Waals surface area contributed by atoms with Gasteiger partial charge < -0.3 is 4.74 Å². The first-order valence-corrected chi connectivity index (χ1v) is 12.0. The molecule has 28 heavy (non-hydrogen) atoms. The fourth-order valence-electron chi connectivity index (χ4n) is 3.02. The van der Waals surface area contributed by atoms with E-state index in [4.69, 9.17) is 16.3 Å². The van der Waals surface area contributed by atoms with Crippen molar-refractivity contribution in [1.82, 2.24) is 0 Å². The van der Waals surface area contributed by atoms with Crippen LogP contribution in [0, 0.1) is 13.8 Å². The number of benzene rings is 2. The molecule has 2 aromatic rings. The highest BCUT2D eigenvalue weighted by molar-refractivity contribution is 7.93. The summed E-state index contributed by atoms with van der Waals surface area (Å²) < 4.78 is 59.2. The lowest BCUT2D eigenvalue weighted by Crippen LogP contribution is -2.25. The summed E-state index contributed by atoms with van der Waals surface area (Å²) in [4.78, 5) is 0.00314. The van der Waals surface area contributed by atoms with Crippen LogP contribution in [0.2, 0.25) is 5.02 Å². The van der Waals surface area contributed by atoms with Crippen LogP contribution in [0.3, 0.4) is 0 Å². The Balaban J connectivity index is 2.00. The number of nitrogens with one attached hydrogen (secondary N) is 1. The molecule has 2 aromatic carbocycles. The quantitative estimate of drug-likeness (QED) is 0.763. The molecule has 1 saturated heterocycles. The number of sulfonamides is 2. The first kappa shape index (κ1) is 20.8. The van der Waals surface area contributed by atoms with E-state index < -0.39 is 20.0 Å². The predicted octanol–water partition coefficient (Wildman–Crippen LogP) is 3.31. The number of aryl methyl sites for hydroxylation is 2. The molecule has 0 spiro atoms. The van der Waals surface area contributed by atoms with Gasteiger partial charge in [-0.05, 0) is 61.7 Å². The SMILES string of the molecule is COc1cc(C)c(C)cc1S(=O)(=O)Nc1ccc(Cl)c(N2CCCS2(=O)=O)c1. The topological polar surface area (TPSA) is 92.8 Å². The van der Waals surface area contributed by atoms with Crippen LogP contribution < -0.4 is 13.8 Å². The fraction of sp³-hybridized carbons (Fsp3) is 0.333. The molecule has 0 aromatic heterocycles. The molecule has 1 aliphatic rings. The van der Waals surface area contributed by atoms with E-state index in [1.165, 1.54) is 35.7 Å². The molecule has 152 valence electrons. The van der Waals surface area contributed by atoms with Crippen LogP contribution in [-0.2, 0) is 20.0 Å². The lowest BCUT2D eigenvalue weighted by molar-refractivity contribution is 0.402. The molecular weight excluding hydrogens is 424 g/mol. The summed E-state index contributed by atoms with van der Waals surface area (Å²) in [6.45, 7) is 3.99. The monoisotopic (exact) mass is 444 g/mol. The molecule has 0 bridgehead atoms. The largest absolute Gasteiger partial charge is 0.495 e. The molecule has 7 nitrogen and oxygen atoms in total. The third kappa shape index (κ3) is 3.92. The molecule has 1 fully saturated rings. The summed E-state index contributed by atoms with van der Waals surface area (Å²) in [7, 11) is -6.00. The Hall–Kier alpha value is -1.97. The van der Waals surface area contributed by atoms with E-state index in [0.717, 1.165) is 11.1 Å². The Labute approximate surface area is 170 Å². The van der Waals surface area contributed by atoms with Crippen LogP contribution in [0.25, 0.3) is 0 Å². The standard InChI is InChI=1S/C18H21ClN2O5S2/c1-12-9-17(26-3)18(10-13(12)2)28(24,25)20-14-5-6-15(19)16(11-14)21-7-4-8-27(21,22)23/h5-6,9-11,20H,4,7-8H2,1-3H3. The van der Waals surface area contributed by atoms with Gasteiger partial charge in [0.25, 0.3) is 10.0 Å². The van der Waals surface area contributed by atoms with E-state index in [9.17, 15) is 16.8 Å². The van der Waals surface area contributed by atoms with Crippen molar-refractivity contribution >= 4 is 43.0 Å². The Morgan fingerprint density at radius 2 is 1.82 bits per heavy atom. The number of methoxy groups -OCH3 is 1. The van der Waals surface area contributed by atoms with Gasteiger partial charge >= 0.3 is 0 Å². The van der Waals surface area contributed by atoms with Gasteiger partial charge in [-0.1, -0.05) is 11.6 Å². The summed E-state index contributed by atoms with van der Waals surface area (Å²) in [5, 5.41) is 0.234. The van der Waals surface area contributed by atoms with Crippen molar-refractivity contribution in [2.45, 2.75) is 25.2 Å². The molecule has 0 unspecified atom stereocenters. The predicted molar refractivity (Wildman–Crippen MR) is 110 cm³/mol. The van der Waals surface area contributed by atoms with E-state index >= 15 is 0 Å². The molecule has 0 aliphatic carbocycles. The van der Waals surface area contributed by atoms with Gasteiger partial charge in [0, 0.05) is 6.54 Å². The Morgan fingerprint density at radius 1 is 1.14 bits per heavy atom. The van der Waals surface area contributed by atoms with Crippen molar-refractivity contribution in [2.24, 2.45) is 0 Å². The second kappa shape index (κ2) is 7.46. The molecule has 0 amide bonds. The van der Waals surface area contributed by atoms with Crippen LogP contribution in [0.5, 0.6) is 5.75 Å². The van der Waals surface area contributed by atoms with Crippen LogP contribution in [0.4, 0.5) is 11.4 Å². The van der Waals surface area contributed by atoms with E-state index in [1.807, 2.05) is 13.8 Å². The number of hydrogen-bond donors (Lipinski definition) is 1. The van der Waals surface area contributed by atoms with Gasteiger partial charge in [-0.15, -0.1) is 0 Å². The maximum atomic E-state index is 12.9. The second-order valence-corrected chi connectivity index (χ2v) is 10.7. The number of ether oxygens (including phenoxy) is 1. The van der Waals surface area contributed by atoms with Gasteiger partial charge in [0.2, 0.25) is 10.0 Å². The number of anilines is 2. The van der Waals surface area contributed by atoms with Gasteiger partial charge in [0.15, 0.2) is 0 Å². The summed E-state index contributed by atoms with van der Waals surface area (Å²) in [5.74, 6) is 0.269. The zero-order valence-corrected chi connectivity index (χ0v) is 18.1. The maximum absolute atomic E-state index is 12.9. The molecule has 0 saturated carbocycles. The molecule has 10 heteroatoms.